The number of carbonyl (C=O) groups excluding carboxylic acids is 1. The first kappa shape index (κ1) is 21.8. The van der Waals surface area contributed by atoms with E-state index in [2.05, 4.69) is 4.98 Å². The first-order valence-corrected chi connectivity index (χ1v) is 11.4. The smallest absolute Gasteiger partial charge is 0.338 e. The Kier molecular flexibility index (Phi) is 6.37. The van der Waals surface area contributed by atoms with Gasteiger partial charge in [0, 0.05) is 16.6 Å². The minimum atomic E-state index is -0.352. The van der Waals surface area contributed by atoms with Gasteiger partial charge in [-0.25, -0.2) is 9.78 Å². The number of amidine groups is 1. The minimum Gasteiger partial charge on any atom is -0.510 e. The molecule has 32 heavy (non-hydrogen) atoms. The normalized spacial score (nSPS) is 13.7. The fourth-order valence-electron chi connectivity index (χ4n) is 3.44. The second kappa shape index (κ2) is 9.36. The molecular weight excluding hydrogens is 422 g/mol. The van der Waals surface area contributed by atoms with Crippen molar-refractivity contribution in [2.75, 3.05) is 18.1 Å². The number of unbranched alkanes of at least 4 members (excludes halogenated alkanes) is 1. The van der Waals surface area contributed by atoms with E-state index in [1.807, 2.05) is 43.5 Å². The van der Waals surface area contributed by atoms with E-state index < -0.39 is 0 Å². The summed E-state index contributed by atoms with van der Waals surface area (Å²) in [5.41, 5.74) is 4.63. The Labute approximate surface area is 191 Å². The van der Waals surface area contributed by atoms with Gasteiger partial charge in [0.1, 0.15) is 16.6 Å². The van der Waals surface area contributed by atoms with Gasteiger partial charge >= 0.3 is 5.97 Å². The maximum atomic E-state index is 12.1. The Hall–Kier alpha value is -3.45. The monoisotopic (exact) mass is 447 g/mol. The minimum absolute atomic E-state index is 0.114. The predicted molar refractivity (Wildman–Crippen MR) is 129 cm³/mol. The van der Waals surface area contributed by atoms with Crippen molar-refractivity contribution < 1.29 is 14.6 Å². The zero-order valence-electron chi connectivity index (χ0n) is 18.1. The average Bonchev–Trinajstić information content (AvgIpc) is 3.38. The Morgan fingerprint density at radius 1 is 1.19 bits per heavy atom. The number of hydrogen-bond acceptors (Lipinski definition) is 6. The van der Waals surface area contributed by atoms with Crippen molar-refractivity contribution in [3.05, 3.63) is 75.8 Å². The quantitative estimate of drug-likeness (QED) is 0.351. The molecule has 0 aliphatic carbocycles. The first-order valence-electron chi connectivity index (χ1n) is 10.6. The van der Waals surface area contributed by atoms with Crippen LogP contribution in [0.15, 0.2) is 59.7 Å². The topological polar surface area (TPSA) is 86.5 Å². The second-order valence-corrected chi connectivity index (χ2v) is 8.55. The molecule has 0 bridgehead atoms. The standard InChI is InChI=1S/C25H25N3O3S/c1-3-4-13-31-25(30)18-9-11-19(12-10-18)28-14-21(29)22(23(28)26)24-27-20(15-32-24)17-7-5-16(2)6-8-17/h5-12,15,26,29H,3-4,13-14H2,1-2H3. The van der Waals surface area contributed by atoms with E-state index in [-0.39, 0.29) is 24.1 Å². The molecule has 0 atom stereocenters. The number of nitrogens with zero attached hydrogens (tertiary/aromatic N) is 2. The highest BCUT2D eigenvalue weighted by Crippen LogP contribution is 2.34. The first-order chi connectivity index (χ1) is 15.5. The van der Waals surface area contributed by atoms with Gasteiger partial charge in [-0.1, -0.05) is 43.2 Å². The Morgan fingerprint density at radius 2 is 1.91 bits per heavy atom. The van der Waals surface area contributed by atoms with Gasteiger partial charge in [-0.3, -0.25) is 5.41 Å². The Morgan fingerprint density at radius 3 is 2.59 bits per heavy atom. The maximum absolute atomic E-state index is 12.1. The van der Waals surface area contributed by atoms with Gasteiger partial charge in [0.2, 0.25) is 0 Å². The number of anilines is 1. The van der Waals surface area contributed by atoms with Crippen molar-refractivity contribution in [3.63, 3.8) is 0 Å². The van der Waals surface area contributed by atoms with E-state index >= 15 is 0 Å². The van der Waals surface area contributed by atoms with Crippen molar-refractivity contribution in [3.8, 4) is 11.3 Å². The molecule has 7 heteroatoms. The number of ether oxygens (including phenoxy) is 1. The van der Waals surface area contributed by atoms with Crippen molar-refractivity contribution in [1.29, 1.82) is 5.41 Å². The highest BCUT2D eigenvalue weighted by Gasteiger charge is 2.31. The summed E-state index contributed by atoms with van der Waals surface area (Å²) in [5, 5.41) is 21.8. The van der Waals surface area contributed by atoms with E-state index in [1.165, 1.54) is 16.9 Å². The summed E-state index contributed by atoms with van der Waals surface area (Å²) in [6.45, 7) is 4.68. The lowest BCUT2D eigenvalue weighted by molar-refractivity contribution is 0.0500. The fourth-order valence-corrected chi connectivity index (χ4v) is 4.34. The molecular formula is C25H25N3O3S. The number of carbonyl (C=O) groups is 1. The Balaban J connectivity index is 1.49. The van der Waals surface area contributed by atoms with Gasteiger partial charge in [0.15, 0.2) is 0 Å². The summed E-state index contributed by atoms with van der Waals surface area (Å²) in [5.74, 6) is -0.0528. The third-order valence-electron chi connectivity index (χ3n) is 5.31. The molecule has 0 unspecified atom stereocenters. The highest BCUT2D eigenvalue weighted by molar-refractivity contribution is 7.11. The molecule has 1 aliphatic heterocycles. The van der Waals surface area contributed by atoms with E-state index in [4.69, 9.17) is 10.1 Å². The van der Waals surface area contributed by atoms with Crippen molar-refractivity contribution in [2.45, 2.75) is 26.7 Å². The highest BCUT2D eigenvalue weighted by atomic mass is 32.1. The number of aryl methyl sites for hydroxylation is 1. The van der Waals surface area contributed by atoms with Gasteiger partial charge in [-0.05, 0) is 37.6 Å². The SMILES string of the molecule is CCCCOC(=O)c1ccc(N2CC(O)=C(c3nc(-c4ccc(C)cc4)cs3)C2=N)cc1. The molecule has 4 rings (SSSR count). The zero-order chi connectivity index (χ0) is 22.7. The lowest BCUT2D eigenvalue weighted by atomic mass is 10.1. The molecule has 0 fully saturated rings. The molecule has 2 N–H and O–H groups in total. The van der Waals surface area contributed by atoms with E-state index in [1.54, 1.807) is 29.2 Å². The number of aromatic nitrogens is 1. The van der Waals surface area contributed by atoms with Crippen LogP contribution in [0.2, 0.25) is 0 Å². The number of hydrogen-bond donors (Lipinski definition) is 2. The van der Waals surface area contributed by atoms with Crippen molar-refractivity contribution in [2.24, 2.45) is 0 Å². The zero-order valence-corrected chi connectivity index (χ0v) is 18.9. The molecule has 6 nitrogen and oxygen atoms in total. The third-order valence-corrected chi connectivity index (χ3v) is 6.17. The van der Waals surface area contributed by atoms with Gasteiger partial charge < -0.3 is 14.7 Å². The lowest BCUT2D eigenvalue weighted by Crippen LogP contribution is -2.26. The molecule has 0 amide bonds. The van der Waals surface area contributed by atoms with Crippen LogP contribution in [0.1, 0.15) is 40.7 Å². The number of benzene rings is 2. The molecule has 1 aromatic heterocycles. The van der Waals surface area contributed by atoms with Crippen LogP contribution in [0.25, 0.3) is 16.8 Å². The predicted octanol–water partition coefficient (Wildman–Crippen LogP) is 5.84. The average molecular weight is 448 g/mol. The molecule has 0 spiro atoms. The van der Waals surface area contributed by atoms with Gasteiger partial charge in [0.25, 0.3) is 0 Å². The van der Waals surface area contributed by atoms with Crippen LogP contribution in [-0.2, 0) is 4.74 Å². The number of thiazole rings is 1. The van der Waals surface area contributed by atoms with Crippen LogP contribution in [0.4, 0.5) is 5.69 Å². The summed E-state index contributed by atoms with van der Waals surface area (Å²) >= 11 is 1.41. The number of nitrogens with one attached hydrogen (secondary N) is 1. The largest absolute Gasteiger partial charge is 0.510 e. The number of rotatable bonds is 7. The maximum Gasteiger partial charge on any atom is 0.338 e. The molecule has 2 aromatic carbocycles. The summed E-state index contributed by atoms with van der Waals surface area (Å²) in [4.78, 5) is 18.5. The molecule has 164 valence electrons. The van der Waals surface area contributed by atoms with Crippen LogP contribution in [0, 0.1) is 12.3 Å². The van der Waals surface area contributed by atoms with Crippen molar-refractivity contribution in [1.82, 2.24) is 4.98 Å². The van der Waals surface area contributed by atoms with Crippen LogP contribution < -0.4 is 4.90 Å². The van der Waals surface area contributed by atoms with Gasteiger partial charge in [-0.15, -0.1) is 11.3 Å². The lowest BCUT2D eigenvalue weighted by Gasteiger charge is -2.18. The third kappa shape index (κ3) is 4.43. The molecule has 0 radical (unpaired) electrons. The fraction of sp³-hybridized carbons (Fsp3) is 0.240. The van der Waals surface area contributed by atoms with E-state index in [0.717, 1.165) is 29.8 Å². The van der Waals surface area contributed by atoms with Gasteiger partial charge in [-0.2, -0.15) is 0 Å². The van der Waals surface area contributed by atoms with Gasteiger partial charge in [0.05, 0.1) is 30.0 Å². The Bertz CT molecular complexity index is 1160. The van der Waals surface area contributed by atoms with Crippen molar-refractivity contribution >= 4 is 34.4 Å². The van der Waals surface area contributed by atoms with Crippen LogP contribution in [0.5, 0.6) is 0 Å². The number of aliphatic hydroxyl groups is 1. The summed E-state index contributed by atoms with van der Waals surface area (Å²) in [7, 11) is 0. The molecule has 3 aromatic rings. The summed E-state index contributed by atoms with van der Waals surface area (Å²) < 4.78 is 5.24. The molecule has 2 heterocycles. The molecule has 0 saturated heterocycles. The summed E-state index contributed by atoms with van der Waals surface area (Å²) in [6.07, 6.45) is 1.80. The van der Waals surface area contributed by atoms with E-state index in [0.29, 0.717) is 22.8 Å². The summed E-state index contributed by atoms with van der Waals surface area (Å²) in [6, 6.07) is 15.0. The molecule has 0 saturated carbocycles. The number of esters is 1. The number of aliphatic hydroxyl groups excluding tert-OH is 1. The van der Waals surface area contributed by atoms with Crippen LogP contribution in [-0.4, -0.2) is 35.0 Å². The van der Waals surface area contributed by atoms with Crippen LogP contribution in [0.3, 0.4) is 0 Å². The van der Waals surface area contributed by atoms with E-state index in [9.17, 15) is 9.90 Å². The van der Waals surface area contributed by atoms with Crippen LogP contribution >= 0.6 is 11.3 Å². The molecule has 1 aliphatic rings. The second-order valence-electron chi connectivity index (χ2n) is 7.70.